The van der Waals surface area contributed by atoms with Gasteiger partial charge in [0.15, 0.2) is 0 Å². The lowest BCUT2D eigenvalue weighted by Gasteiger charge is -2.27. The molecule has 0 radical (unpaired) electrons. The number of nitrogens with two attached hydrogens (primary N) is 1. The lowest BCUT2D eigenvalue weighted by atomic mass is 9.95. The fraction of sp³-hybridized carbons (Fsp3) is 0.615. The number of nitrogen functional groups attached to an aromatic ring is 1. The van der Waals surface area contributed by atoms with E-state index in [0.717, 1.165) is 5.56 Å². The predicted molar refractivity (Wildman–Crippen MR) is 68.6 cm³/mol. The van der Waals surface area contributed by atoms with Gasteiger partial charge in [-0.1, -0.05) is 13.8 Å². The zero-order valence-corrected chi connectivity index (χ0v) is 11.0. The lowest BCUT2D eigenvalue weighted by Crippen LogP contribution is -2.28. The van der Waals surface area contributed by atoms with Crippen LogP contribution in [0.25, 0.3) is 0 Å². The zero-order chi connectivity index (χ0) is 13.0. The number of aliphatic hydroxyl groups excluding tert-OH is 1. The van der Waals surface area contributed by atoms with Gasteiger partial charge in [-0.3, -0.25) is 0 Å². The van der Waals surface area contributed by atoms with Crippen LogP contribution in [0.5, 0.6) is 0 Å². The van der Waals surface area contributed by atoms with Crippen molar-refractivity contribution in [3.8, 4) is 0 Å². The summed E-state index contributed by atoms with van der Waals surface area (Å²) in [5.74, 6) is 0.582. The molecule has 0 fully saturated rings. The number of aliphatic hydroxyl groups is 1. The molecule has 2 unspecified atom stereocenters. The Labute approximate surface area is 103 Å². The van der Waals surface area contributed by atoms with E-state index in [1.165, 1.54) is 0 Å². The first-order chi connectivity index (χ1) is 7.97. The number of ether oxygens (including phenoxy) is 1. The molecule has 0 aromatic carbocycles. The second-order valence-electron chi connectivity index (χ2n) is 4.60. The van der Waals surface area contributed by atoms with Gasteiger partial charge in [0.05, 0.1) is 6.10 Å². The number of hydrogen-bond acceptors (Lipinski definition) is 4. The molecule has 1 aromatic heterocycles. The van der Waals surface area contributed by atoms with E-state index >= 15 is 0 Å². The van der Waals surface area contributed by atoms with E-state index in [0.29, 0.717) is 18.0 Å². The number of pyridine rings is 1. The van der Waals surface area contributed by atoms with Crippen molar-refractivity contribution in [1.29, 1.82) is 0 Å². The summed E-state index contributed by atoms with van der Waals surface area (Å²) in [7, 11) is 0. The maximum absolute atomic E-state index is 10.3. The summed E-state index contributed by atoms with van der Waals surface area (Å²) in [6.45, 7) is 8.44. The van der Waals surface area contributed by atoms with Crippen LogP contribution in [0.3, 0.4) is 0 Å². The molecule has 0 aliphatic rings. The van der Waals surface area contributed by atoms with Crippen LogP contribution in [-0.2, 0) is 4.74 Å². The van der Waals surface area contributed by atoms with E-state index in [2.05, 4.69) is 4.98 Å². The molecule has 0 spiro atoms. The van der Waals surface area contributed by atoms with Crippen molar-refractivity contribution < 1.29 is 9.84 Å². The minimum absolute atomic E-state index is 0.213. The molecular weight excluding hydrogens is 216 g/mol. The molecule has 0 aliphatic heterocycles. The van der Waals surface area contributed by atoms with Crippen LogP contribution < -0.4 is 5.73 Å². The van der Waals surface area contributed by atoms with E-state index in [1.807, 2.05) is 33.8 Å². The van der Waals surface area contributed by atoms with Crippen molar-refractivity contribution in [1.82, 2.24) is 4.98 Å². The molecule has 0 bridgehead atoms. The molecule has 1 rings (SSSR count). The summed E-state index contributed by atoms with van der Waals surface area (Å²) in [5.41, 5.74) is 7.43. The van der Waals surface area contributed by atoms with Gasteiger partial charge in [-0.25, -0.2) is 4.98 Å². The van der Waals surface area contributed by atoms with Crippen molar-refractivity contribution >= 4 is 5.82 Å². The highest BCUT2D eigenvalue weighted by molar-refractivity contribution is 5.42. The van der Waals surface area contributed by atoms with Gasteiger partial charge >= 0.3 is 0 Å². The Kier molecular flexibility index (Phi) is 4.90. The average molecular weight is 238 g/mol. The number of rotatable bonds is 5. The Morgan fingerprint density at radius 1 is 1.47 bits per heavy atom. The van der Waals surface area contributed by atoms with Gasteiger partial charge in [-0.15, -0.1) is 0 Å². The molecule has 0 saturated heterocycles. The largest absolute Gasteiger partial charge is 0.386 e. The highest BCUT2D eigenvalue weighted by Gasteiger charge is 2.26. The van der Waals surface area contributed by atoms with Crippen LogP contribution >= 0.6 is 0 Å². The summed E-state index contributed by atoms with van der Waals surface area (Å²) < 4.78 is 5.58. The highest BCUT2D eigenvalue weighted by atomic mass is 16.5. The Balaban J connectivity index is 2.99. The Morgan fingerprint density at radius 2 is 2.12 bits per heavy atom. The van der Waals surface area contributed by atoms with E-state index in [-0.39, 0.29) is 12.0 Å². The first-order valence-corrected chi connectivity index (χ1v) is 5.99. The number of hydrogen-bond donors (Lipinski definition) is 2. The molecule has 0 amide bonds. The number of anilines is 1. The van der Waals surface area contributed by atoms with Gasteiger partial charge in [0.1, 0.15) is 11.9 Å². The molecule has 4 nitrogen and oxygen atoms in total. The fourth-order valence-corrected chi connectivity index (χ4v) is 1.86. The van der Waals surface area contributed by atoms with Crippen LogP contribution in [0.2, 0.25) is 0 Å². The third kappa shape index (κ3) is 3.41. The van der Waals surface area contributed by atoms with Crippen LogP contribution in [0.15, 0.2) is 12.3 Å². The molecular formula is C13H22N2O2. The summed E-state index contributed by atoms with van der Waals surface area (Å²) in [6, 6.07) is 1.86. The third-order valence-electron chi connectivity index (χ3n) is 2.73. The Bertz CT molecular complexity index is 366. The van der Waals surface area contributed by atoms with E-state index in [9.17, 15) is 5.11 Å². The van der Waals surface area contributed by atoms with E-state index < -0.39 is 6.10 Å². The summed E-state index contributed by atoms with van der Waals surface area (Å²) in [4.78, 5) is 4.06. The first-order valence-electron chi connectivity index (χ1n) is 5.99. The van der Waals surface area contributed by atoms with Gasteiger partial charge < -0.3 is 15.6 Å². The van der Waals surface area contributed by atoms with Crippen molar-refractivity contribution in [3.05, 3.63) is 23.4 Å². The van der Waals surface area contributed by atoms with Gasteiger partial charge in [-0.05, 0) is 31.4 Å². The van der Waals surface area contributed by atoms with Crippen LogP contribution in [0, 0.1) is 12.8 Å². The molecule has 1 heterocycles. The minimum atomic E-state index is -0.734. The predicted octanol–water partition coefficient (Wildman–Crippen LogP) is 2.07. The van der Waals surface area contributed by atoms with Gasteiger partial charge in [0.25, 0.3) is 0 Å². The number of aromatic nitrogens is 1. The molecule has 1 aromatic rings. The highest BCUT2D eigenvalue weighted by Crippen LogP contribution is 2.28. The first kappa shape index (κ1) is 13.9. The minimum Gasteiger partial charge on any atom is -0.386 e. The number of aryl methyl sites for hydroxylation is 1. The van der Waals surface area contributed by atoms with Crippen LogP contribution in [-0.4, -0.2) is 22.8 Å². The monoisotopic (exact) mass is 238 g/mol. The SMILES string of the molecule is CCOC(C(C)C)C(O)c1cc(C)cnc1N. The topological polar surface area (TPSA) is 68.4 Å². The molecule has 2 atom stereocenters. The summed E-state index contributed by atoms with van der Waals surface area (Å²) >= 11 is 0. The lowest BCUT2D eigenvalue weighted by molar-refractivity contribution is -0.0583. The fourth-order valence-electron chi connectivity index (χ4n) is 1.86. The van der Waals surface area contributed by atoms with Crippen molar-refractivity contribution in [2.24, 2.45) is 5.92 Å². The van der Waals surface area contributed by atoms with Crippen molar-refractivity contribution in [2.75, 3.05) is 12.3 Å². The quantitative estimate of drug-likeness (QED) is 0.824. The van der Waals surface area contributed by atoms with Gasteiger partial charge in [-0.2, -0.15) is 0 Å². The molecule has 0 aliphatic carbocycles. The normalized spacial score (nSPS) is 14.9. The molecule has 3 N–H and O–H groups in total. The maximum Gasteiger partial charge on any atom is 0.129 e. The molecule has 96 valence electrons. The van der Waals surface area contributed by atoms with Crippen LogP contribution in [0.1, 0.15) is 38.0 Å². The average Bonchev–Trinajstić information content (AvgIpc) is 2.28. The maximum atomic E-state index is 10.3. The Morgan fingerprint density at radius 3 is 2.65 bits per heavy atom. The third-order valence-corrected chi connectivity index (χ3v) is 2.73. The van der Waals surface area contributed by atoms with E-state index in [4.69, 9.17) is 10.5 Å². The van der Waals surface area contributed by atoms with Crippen LogP contribution in [0.4, 0.5) is 5.82 Å². The summed E-state index contributed by atoms with van der Waals surface area (Å²) in [6.07, 6.45) is 0.699. The smallest absolute Gasteiger partial charge is 0.129 e. The van der Waals surface area contributed by atoms with Gasteiger partial charge in [0, 0.05) is 18.4 Å². The molecule has 17 heavy (non-hydrogen) atoms. The molecule has 4 heteroatoms. The second-order valence-corrected chi connectivity index (χ2v) is 4.60. The summed E-state index contributed by atoms with van der Waals surface area (Å²) in [5, 5.41) is 10.3. The van der Waals surface area contributed by atoms with Crippen molar-refractivity contribution in [2.45, 2.75) is 39.9 Å². The molecule has 0 saturated carbocycles. The standard InChI is InChI=1S/C13H22N2O2/c1-5-17-12(8(2)3)11(16)10-6-9(4)7-15-13(10)14/h6-8,11-12,16H,5H2,1-4H3,(H2,14,15). The second kappa shape index (κ2) is 5.98. The van der Waals surface area contributed by atoms with Gasteiger partial charge in [0.2, 0.25) is 0 Å². The Hall–Kier alpha value is -1.13. The van der Waals surface area contributed by atoms with E-state index in [1.54, 1.807) is 6.20 Å². The zero-order valence-electron chi connectivity index (χ0n) is 11.0. The van der Waals surface area contributed by atoms with Crippen molar-refractivity contribution in [3.63, 3.8) is 0 Å². The number of nitrogens with zero attached hydrogens (tertiary/aromatic N) is 1.